The highest BCUT2D eigenvalue weighted by molar-refractivity contribution is 6.01. The first-order valence-electron chi connectivity index (χ1n) is 7.57. The number of aliphatic hydroxyl groups is 1. The zero-order chi connectivity index (χ0) is 15.3. The summed E-state index contributed by atoms with van der Waals surface area (Å²) in [6.45, 7) is 2.06. The van der Waals surface area contributed by atoms with Gasteiger partial charge >= 0.3 is 5.97 Å². The lowest BCUT2D eigenvalue weighted by atomic mass is 9.64. The normalized spacial score (nSPS) is 42.8. The summed E-state index contributed by atoms with van der Waals surface area (Å²) < 4.78 is 5.34. The van der Waals surface area contributed by atoms with Gasteiger partial charge in [0.05, 0.1) is 12.0 Å². The van der Waals surface area contributed by atoms with Crippen LogP contribution in [0.25, 0.3) is 0 Å². The summed E-state index contributed by atoms with van der Waals surface area (Å²) in [5.41, 5.74) is 3.23. The maximum atomic E-state index is 12.2. The number of carbonyl (C=O) groups is 2. The Labute approximate surface area is 123 Å². The number of rotatable bonds is 4. The molecule has 2 saturated heterocycles. The summed E-state index contributed by atoms with van der Waals surface area (Å²) in [5.74, 6) is -1.43. The third-order valence-corrected chi connectivity index (χ3v) is 5.31. The molecule has 0 aromatic carbocycles. The first-order chi connectivity index (χ1) is 9.97. The van der Waals surface area contributed by atoms with E-state index in [2.05, 4.69) is 5.32 Å². The van der Waals surface area contributed by atoms with Gasteiger partial charge in [-0.3, -0.25) is 4.79 Å². The fourth-order valence-corrected chi connectivity index (χ4v) is 4.05. The molecule has 1 aliphatic carbocycles. The van der Waals surface area contributed by atoms with E-state index in [1.165, 1.54) is 0 Å². The minimum atomic E-state index is -1.32. The van der Waals surface area contributed by atoms with Gasteiger partial charge in [-0.15, -0.1) is 0 Å². The lowest BCUT2D eigenvalue weighted by Crippen LogP contribution is -2.80. The smallest absolute Gasteiger partial charge is 0.339 e. The van der Waals surface area contributed by atoms with Crippen LogP contribution in [-0.2, 0) is 14.3 Å². The van der Waals surface area contributed by atoms with E-state index in [1.807, 2.05) is 12.2 Å². The van der Waals surface area contributed by atoms with Crippen molar-refractivity contribution in [3.8, 4) is 0 Å². The van der Waals surface area contributed by atoms with Crippen LogP contribution in [0.5, 0.6) is 0 Å². The molecule has 0 bridgehead atoms. The van der Waals surface area contributed by atoms with Gasteiger partial charge in [0.25, 0.3) is 0 Å². The van der Waals surface area contributed by atoms with Crippen LogP contribution in [0.2, 0.25) is 0 Å². The molecular formula is C15H22N2O4. The minimum Gasteiger partial charge on any atom is -0.453 e. The van der Waals surface area contributed by atoms with Gasteiger partial charge in [-0.05, 0) is 39.2 Å². The van der Waals surface area contributed by atoms with Crippen LogP contribution in [0.1, 0.15) is 32.6 Å². The highest BCUT2D eigenvalue weighted by Crippen LogP contribution is 2.53. The van der Waals surface area contributed by atoms with E-state index in [0.717, 1.165) is 19.3 Å². The molecule has 4 N–H and O–H groups in total. The number of hydrogen-bond donors (Lipinski definition) is 3. The maximum Gasteiger partial charge on any atom is 0.339 e. The molecule has 0 unspecified atom stereocenters. The van der Waals surface area contributed by atoms with E-state index in [1.54, 1.807) is 6.92 Å². The van der Waals surface area contributed by atoms with Gasteiger partial charge in [-0.25, -0.2) is 4.79 Å². The second-order valence-electron chi connectivity index (χ2n) is 6.39. The summed E-state index contributed by atoms with van der Waals surface area (Å²) in [6.07, 6.45) is 6.19. The van der Waals surface area contributed by atoms with Crippen LogP contribution >= 0.6 is 0 Å². The van der Waals surface area contributed by atoms with Gasteiger partial charge in [-0.2, -0.15) is 0 Å². The predicted molar refractivity (Wildman–Crippen MR) is 75.0 cm³/mol. The Balaban J connectivity index is 1.94. The molecule has 6 heteroatoms. The monoisotopic (exact) mass is 294 g/mol. The van der Waals surface area contributed by atoms with Crippen LogP contribution in [0.15, 0.2) is 12.2 Å². The topological polar surface area (TPSA) is 102 Å². The maximum absolute atomic E-state index is 12.2. The van der Waals surface area contributed by atoms with Crippen molar-refractivity contribution in [3.63, 3.8) is 0 Å². The Hall–Kier alpha value is -1.40. The summed E-state index contributed by atoms with van der Waals surface area (Å²) in [4.78, 5) is 24.4. The third kappa shape index (κ3) is 1.72. The van der Waals surface area contributed by atoms with Gasteiger partial charge < -0.3 is 20.9 Å². The fraction of sp³-hybridized carbons (Fsp3) is 0.733. The van der Waals surface area contributed by atoms with Gasteiger partial charge in [0, 0.05) is 5.92 Å². The van der Waals surface area contributed by atoms with Crippen LogP contribution < -0.4 is 11.1 Å². The number of hydrogen-bond acceptors (Lipinski definition) is 5. The number of carbonyl (C=O) groups excluding carboxylic acids is 2. The molecular weight excluding hydrogens is 272 g/mol. The average molecular weight is 294 g/mol. The van der Waals surface area contributed by atoms with Crippen LogP contribution in [0, 0.1) is 11.8 Å². The highest BCUT2D eigenvalue weighted by atomic mass is 16.6. The van der Waals surface area contributed by atoms with Crippen molar-refractivity contribution in [1.82, 2.24) is 5.32 Å². The number of nitrogens with one attached hydrogen (secondary N) is 1. The molecule has 21 heavy (non-hydrogen) atoms. The predicted octanol–water partition coefficient (Wildman–Crippen LogP) is -0.147. The molecule has 0 radical (unpaired) electrons. The van der Waals surface area contributed by atoms with Crippen molar-refractivity contribution < 1.29 is 19.4 Å². The van der Waals surface area contributed by atoms with Gasteiger partial charge in [0.1, 0.15) is 0 Å². The number of esters is 1. The number of nitrogens with two attached hydrogens (primary N) is 1. The van der Waals surface area contributed by atoms with E-state index in [4.69, 9.17) is 10.5 Å². The van der Waals surface area contributed by atoms with Crippen molar-refractivity contribution in [3.05, 3.63) is 12.2 Å². The molecule has 116 valence electrons. The number of ether oxygens (including phenoxy) is 1. The zero-order valence-corrected chi connectivity index (χ0v) is 12.2. The summed E-state index contributed by atoms with van der Waals surface area (Å²) in [7, 11) is 0. The summed E-state index contributed by atoms with van der Waals surface area (Å²) >= 11 is 0. The van der Waals surface area contributed by atoms with Crippen molar-refractivity contribution in [2.75, 3.05) is 6.54 Å². The SMILES string of the molecule is C[C@@]12OC(=O)[C@]1([C@@H](O)[C@@H]1C=CCCC1)NC(=O)[C@@H]2CCN. The summed E-state index contributed by atoms with van der Waals surface area (Å²) in [6, 6.07) is 0. The molecule has 2 fully saturated rings. The van der Waals surface area contributed by atoms with Crippen LogP contribution in [-0.4, -0.2) is 40.8 Å². The van der Waals surface area contributed by atoms with Gasteiger partial charge in [0.15, 0.2) is 5.60 Å². The van der Waals surface area contributed by atoms with Crippen LogP contribution in [0.3, 0.4) is 0 Å². The molecule has 0 saturated carbocycles. The number of fused-ring (bicyclic) bond motifs is 1. The molecule has 6 nitrogen and oxygen atoms in total. The van der Waals surface area contributed by atoms with E-state index in [9.17, 15) is 14.7 Å². The first kappa shape index (κ1) is 14.5. The van der Waals surface area contributed by atoms with E-state index in [-0.39, 0.29) is 11.8 Å². The van der Waals surface area contributed by atoms with Crippen molar-refractivity contribution in [2.45, 2.75) is 49.9 Å². The number of allylic oxidation sites excluding steroid dienone is 1. The molecule has 0 aromatic heterocycles. The molecule has 0 aromatic rings. The Morgan fingerprint density at radius 2 is 2.33 bits per heavy atom. The standard InChI is InChI=1S/C15H22N2O4/c1-14-10(7-8-16)12(19)17-15(14,13(20)21-14)11(18)9-5-3-2-4-6-9/h3,5,9-11,18H,2,4,6-8,16H2,1H3,(H,17,19)/t9-,10+,11+,14+,15+/m1/s1. The fourth-order valence-electron chi connectivity index (χ4n) is 4.05. The Kier molecular flexibility index (Phi) is 3.33. The van der Waals surface area contributed by atoms with Crippen molar-refractivity contribution in [1.29, 1.82) is 0 Å². The second kappa shape index (κ2) is 4.81. The molecule has 1 amide bonds. The molecule has 3 aliphatic rings. The van der Waals surface area contributed by atoms with Crippen LogP contribution in [0.4, 0.5) is 0 Å². The minimum absolute atomic E-state index is 0.136. The van der Waals surface area contributed by atoms with E-state index < -0.39 is 29.1 Å². The molecule has 2 aliphatic heterocycles. The lowest BCUT2D eigenvalue weighted by molar-refractivity contribution is -0.238. The highest BCUT2D eigenvalue weighted by Gasteiger charge is 2.79. The average Bonchev–Trinajstić information content (AvgIpc) is 2.65. The second-order valence-corrected chi connectivity index (χ2v) is 6.39. The van der Waals surface area contributed by atoms with Crippen molar-refractivity contribution in [2.24, 2.45) is 17.6 Å². The number of amides is 1. The van der Waals surface area contributed by atoms with E-state index in [0.29, 0.717) is 13.0 Å². The molecule has 2 heterocycles. The summed E-state index contributed by atoms with van der Waals surface area (Å²) in [5, 5.41) is 13.5. The molecule has 3 rings (SSSR count). The zero-order valence-electron chi connectivity index (χ0n) is 12.2. The lowest BCUT2D eigenvalue weighted by Gasteiger charge is -2.54. The Bertz CT molecular complexity index is 506. The Morgan fingerprint density at radius 1 is 1.57 bits per heavy atom. The molecule has 5 atom stereocenters. The van der Waals surface area contributed by atoms with Crippen molar-refractivity contribution >= 4 is 11.9 Å². The van der Waals surface area contributed by atoms with Gasteiger partial charge in [0.2, 0.25) is 11.4 Å². The molecule has 0 spiro atoms. The van der Waals surface area contributed by atoms with E-state index >= 15 is 0 Å². The third-order valence-electron chi connectivity index (χ3n) is 5.31. The van der Waals surface area contributed by atoms with Gasteiger partial charge in [-0.1, -0.05) is 12.2 Å². The first-order valence-corrected chi connectivity index (χ1v) is 7.57. The Morgan fingerprint density at radius 3 is 2.90 bits per heavy atom. The quantitative estimate of drug-likeness (QED) is 0.494. The largest absolute Gasteiger partial charge is 0.453 e. The number of aliphatic hydroxyl groups excluding tert-OH is 1.